The maximum atomic E-state index is 13.2. The van der Waals surface area contributed by atoms with Gasteiger partial charge in [-0.15, -0.1) is 0 Å². The van der Waals surface area contributed by atoms with Crippen molar-refractivity contribution in [1.29, 1.82) is 5.26 Å². The third-order valence-corrected chi connectivity index (χ3v) is 21.5. The molecule has 0 saturated carbocycles. The van der Waals surface area contributed by atoms with Crippen molar-refractivity contribution in [2.75, 3.05) is 0 Å². The summed E-state index contributed by atoms with van der Waals surface area (Å²) in [4.78, 5) is 16.0. The van der Waals surface area contributed by atoms with Crippen LogP contribution in [0.1, 0.15) is 5.56 Å². The minimum Gasteiger partial charge on any atom is -0.453 e. The molecule has 0 amide bonds. The van der Waals surface area contributed by atoms with Crippen LogP contribution in [-0.2, 0) is 0 Å². The highest BCUT2D eigenvalue weighted by atomic mass is 16.3. The average Bonchev–Trinajstić information content (AvgIpc) is 1.51. The van der Waals surface area contributed by atoms with E-state index in [9.17, 15) is 5.26 Å². The van der Waals surface area contributed by atoms with Crippen molar-refractivity contribution < 1.29 is 4.42 Å². The molecule has 0 aliphatic rings. The van der Waals surface area contributed by atoms with Gasteiger partial charge in [-0.1, -0.05) is 291 Å². The maximum absolute atomic E-state index is 13.2. The molecule has 16 aromatic carbocycles. The van der Waals surface area contributed by atoms with E-state index in [1.54, 1.807) is 0 Å². The van der Waals surface area contributed by atoms with Crippen LogP contribution in [0.15, 0.2) is 374 Å². The summed E-state index contributed by atoms with van der Waals surface area (Å²) in [6.45, 7) is 0. The quantitative estimate of drug-likeness (QED) is 0.122. The molecule has 0 saturated heterocycles. The zero-order valence-electron chi connectivity index (χ0n) is 58.3. The highest BCUT2D eigenvalue weighted by Crippen LogP contribution is 2.52. The number of hydrogen-bond acceptors (Lipinski definition) is 5. The first kappa shape index (κ1) is 61.8. The second-order valence-electron chi connectivity index (χ2n) is 27.7. The third kappa shape index (κ3) is 10.1. The van der Waals surface area contributed by atoms with Gasteiger partial charge in [-0.05, 0) is 146 Å². The summed E-state index contributed by atoms with van der Waals surface area (Å²) in [5, 5.41) is 20.8. The van der Waals surface area contributed by atoms with Crippen LogP contribution in [0, 0.1) is 11.3 Å². The molecule has 0 unspecified atom stereocenters. The van der Waals surface area contributed by atoms with Crippen molar-refractivity contribution in [1.82, 2.24) is 28.7 Å². The van der Waals surface area contributed by atoms with Crippen molar-refractivity contribution in [3.05, 3.63) is 376 Å². The predicted octanol–water partition coefficient (Wildman–Crippen LogP) is 25.9. The normalized spacial score (nSPS) is 11.7. The number of hydrogen-bond donors (Lipinski definition) is 0. The SMILES string of the molecule is N#Cc1c(-n2c3ccc(-c4ccccc4)cc3c3cc(-c4ccccc4)ccc32)c(-n2c3ccc(-c4ccccc4)cc3c3cc(-c4ccccc4)ccc32)c(-n2c3ccc(-c4ccccc4)cc3c3cc(-c4ccccc4)ccc32)c2oc3c(-c4nc(-c5ccccc5)nc(-c5ccccc5)n4)cccc3c12. The molecule has 0 aliphatic heterocycles. The van der Waals surface area contributed by atoms with Gasteiger partial charge in [0.1, 0.15) is 17.3 Å². The number of para-hydroxylation sites is 1. The fourth-order valence-electron chi connectivity index (χ4n) is 16.5. The summed E-state index contributed by atoms with van der Waals surface area (Å²) in [5.41, 5.74) is 24.5. The van der Waals surface area contributed by atoms with E-state index >= 15 is 0 Å². The van der Waals surface area contributed by atoms with E-state index in [1.165, 1.54) is 0 Å². The predicted molar refractivity (Wildman–Crippen MR) is 444 cm³/mol. The van der Waals surface area contributed by atoms with Gasteiger partial charge in [-0.3, -0.25) is 0 Å². The second kappa shape index (κ2) is 25.3. The van der Waals surface area contributed by atoms with Crippen LogP contribution in [0.4, 0.5) is 0 Å². The number of benzene rings is 16. The minimum absolute atomic E-state index is 0.415. The number of nitriles is 1. The first-order valence-electron chi connectivity index (χ1n) is 36.4. The van der Waals surface area contributed by atoms with Crippen molar-refractivity contribution in [2.24, 2.45) is 0 Å². The van der Waals surface area contributed by atoms with E-state index in [4.69, 9.17) is 19.4 Å². The lowest BCUT2D eigenvalue weighted by atomic mass is 9.99. The van der Waals surface area contributed by atoms with Crippen molar-refractivity contribution >= 4 is 87.4 Å². The Kier molecular flexibility index (Phi) is 14.5. The molecule has 0 aliphatic carbocycles. The molecule has 108 heavy (non-hydrogen) atoms. The smallest absolute Gasteiger partial charge is 0.167 e. The molecule has 5 aromatic heterocycles. The van der Waals surface area contributed by atoms with Gasteiger partial charge in [0.2, 0.25) is 0 Å². The van der Waals surface area contributed by atoms with Gasteiger partial charge in [0, 0.05) is 48.8 Å². The molecule has 0 fully saturated rings. The zero-order valence-corrected chi connectivity index (χ0v) is 58.3. The number of nitrogens with zero attached hydrogens (tertiary/aromatic N) is 7. The maximum Gasteiger partial charge on any atom is 0.167 e. The molecule has 502 valence electrons. The molecule has 8 nitrogen and oxygen atoms in total. The van der Waals surface area contributed by atoms with Crippen LogP contribution in [0.25, 0.3) is 205 Å². The van der Waals surface area contributed by atoms with Crippen LogP contribution in [0.3, 0.4) is 0 Å². The molecule has 0 N–H and O–H groups in total. The van der Waals surface area contributed by atoms with Gasteiger partial charge in [-0.25, -0.2) is 15.0 Å². The molecule has 5 heterocycles. The largest absolute Gasteiger partial charge is 0.453 e. The average molecular weight is 1380 g/mol. The lowest BCUT2D eigenvalue weighted by Crippen LogP contribution is -2.12. The summed E-state index contributed by atoms with van der Waals surface area (Å²) in [7, 11) is 0. The van der Waals surface area contributed by atoms with Gasteiger partial charge in [0.05, 0.1) is 61.0 Å². The summed E-state index contributed by atoms with van der Waals surface area (Å²) >= 11 is 0. The van der Waals surface area contributed by atoms with E-state index in [0.29, 0.717) is 50.8 Å². The minimum atomic E-state index is 0.415. The number of furan rings is 1. The number of fused-ring (bicyclic) bond motifs is 12. The Hall–Kier alpha value is -14.8. The van der Waals surface area contributed by atoms with Crippen LogP contribution in [0.2, 0.25) is 0 Å². The Morgan fingerprint density at radius 1 is 0.222 bits per heavy atom. The molecular weight excluding hydrogens is 1320 g/mol. The molecule has 0 radical (unpaired) electrons. The molecule has 21 aromatic rings. The van der Waals surface area contributed by atoms with Gasteiger partial charge < -0.3 is 18.1 Å². The van der Waals surface area contributed by atoms with Crippen molar-refractivity contribution in [2.45, 2.75) is 0 Å². The van der Waals surface area contributed by atoms with Gasteiger partial charge in [-0.2, -0.15) is 5.26 Å². The molecular formula is C100H61N7O. The standard InChI is InChI=1S/C100H61N7O/c101-62-85-92-77-42-25-43-78(100-103-98(69-38-21-7-22-39-69)102-99(104-100)70-40-23-8-24-41-70)96(77)108-97(92)95(107-90-54-48-75(67-34-17-5-18-35-67)60-83(90)84-61-76(49-55-91(84)107)68-36-19-6-20-37-68)94(106-88-52-46-73(65-30-13-3-14-31-65)58-81(88)82-59-74(47-53-89(82)106)66-32-15-4-16-33-66)93(85)105-86-50-44-71(63-26-9-1-10-27-63)56-79(86)80-57-72(45-51-87(80)105)64-28-11-2-12-29-64/h1-61H. The van der Waals surface area contributed by atoms with E-state index < -0.39 is 0 Å². The first-order chi connectivity index (χ1) is 53.5. The fourth-order valence-corrected chi connectivity index (χ4v) is 16.5. The van der Waals surface area contributed by atoms with Crippen LogP contribution in [0.5, 0.6) is 0 Å². The highest BCUT2D eigenvalue weighted by molar-refractivity contribution is 6.22. The number of aromatic nitrogens is 6. The molecule has 0 atom stereocenters. The van der Waals surface area contributed by atoms with Crippen LogP contribution in [-0.4, -0.2) is 28.7 Å². The van der Waals surface area contributed by atoms with Crippen LogP contribution >= 0.6 is 0 Å². The summed E-state index contributed by atoms with van der Waals surface area (Å²) < 4.78 is 15.4. The van der Waals surface area contributed by atoms with Crippen molar-refractivity contribution in [3.63, 3.8) is 0 Å². The molecule has 0 spiro atoms. The topological polar surface area (TPSA) is 90.4 Å². The Balaban J connectivity index is 0.993. The highest BCUT2D eigenvalue weighted by Gasteiger charge is 2.35. The second-order valence-corrected chi connectivity index (χ2v) is 27.7. The molecule has 0 bridgehead atoms. The van der Waals surface area contributed by atoms with Crippen LogP contribution < -0.4 is 0 Å². The number of rotatable bonds is 12. The van der Waals surface area contributed by atoms with E-state index in [2.05, 4.69) is 317 Å². The van der Waals surface area contributed by atoms with E-state index in [0.717, 1.165) is 160 Å². The fraction of sp³-hybridized carbons (Fsp3) is 0. The lowest BCUT2D eigenvalue weighted by molar-refractivity contribution is 0.666. The Labute approximate surface area is 621 Å². The summed E-state index contributed by atoms with van der Waals surface area (Å²) in [6, 6.07) is 134. The lowest BCUT2D eigenvalue weighted by Gasteiger charge is -2.24. The Morgan fingerprint density at radius 3 is 0.787 bits per heavy atom. The van der Waals surface area contributed by atoms with Gasteiger partial charge in [0.15, 0.2) is 23.1 Å². The first-order valence-corrected chi connectivity index (χ1v) is 36.4. The zero-order chi connectivity index (χ0) is 71.3. The molecule has 8 heteroatoms. The van der Waals surface area contributed by atoms with E-state index in [-0.39, 0.29) is 0 Å². The Bertz CT molecular complexity index is 6840. The summed E-state index contributed by atoms with van der Waals surface area (Å²) in [5.74, 6) is 1.45. The van der Waals surface area contributed by atoms with E-state index in [1.807, 2.05) is 72.8 Å². The third-order valence-electron chi connectivity index (χ3n) is 21.5. The van der Waals surface area contributed by atoms with Gasteiger partial charge in [0.25, 0.3) is 0 Å². The monoisotopic (exact) mass is 1380 g/mol. The Morgan fingerprint density at radius 2 is 0.491 bits per heavy atom. The van der Waals surface area contributed by atoms with Crippen molar-refractivity contribution in [3.8, 4) is 124 Å². The molecule has 21 rings (SSSR count). The van der Waals surface area contributed by atoms with Gasteiger partial charge >= 0.3 is 0 Å². The summed E-state index contributed by atoms with van der Waals surface area (Å²) in [6.07, 6.45) is 0.